The van der Waals surface area contributed by atoms with Crippen LogP contribution in [0.2, 0.25) is 0 Å². The lowest BCUT2D eigenvalue weighted by Crippen LogP contribution is -2.35. The molecule has 4 rings (SSSR count). The number of rotatable bonds is 4. The Morgan fingerprint density at radius 1 is 1.03 bits per heavy atom. The predicted octanol–water partition coefficient (Wildman–Crippen LogP) is 5.63. The molecule has 1 saturated carbocycles. The number of benzene rings is 2. The number of halogens is 3. The molecule has 156 valence electrons. The molecule has 1 heterocycles. The van der Waals surface area contributed by atoms with E-state index in [4.69, 9.17) is 0 Å². The Labute approximate surface area is 172 Å². The van der Waals surface area contributed by atoms with Gasteiger partial charge in [0.05, 0.1) is 34.0 Å². The lowest BCUT2D eigenvalue weighted by Gasteiger charge is -2.30. The van der Waals surface area contributed by atoms with Crippen LogP contribution < -0.4 is 0 Å². The highest BCUT2D eigenvalue weighted by molar-refractivity contribution is 5.97. The van der Waals surface area contributed by atoms with Gasteiger partial charge in [-0.05, 0) is 69.5 Å². The number of fused-ring (bicyclic) bond motifs is 1. The summed E-state index contributed by atoms with van der Waals surface area (Å²) < 4.78 is 39.4. The minimum atomic E-state index is -4.42. The largest absolute Gasteiger partial charge is 0.416 e. The molecule has 1 atom stereocenters. The fourth-order valence-corrected chi connectivity index (χ4v) is 3.66. The zero-order valence-corrected chi connectivity index (χ0v) is 17.0. The molecule has 0 saturated heterocycles. The molecule has 1 fully saturated rings. The standard InChI is InChI=1S/C23H22F3N3O/c1-13-14(2)28-21-12-17(7-10-20(21)27-13)22(30)29(19-8-9-19)15(3)16-5-4-6-18(11-16)23(24,25)26/h4-7,10-12,15,19H,8-9H2,1-3H3/t15-/m1/s1. The fraction of sp³-hybridized carbons (Fsp3) is 0.348. The number of hydrogen-bond donors (Lipinski definition) is 0. The summed E-state index contributed by atoms with van der Waals surface area (Å²) >= 11 is 0. The Bertz CT molecular complexity index is 1120. The van der Waals surface area contributed by atoms with E-state index in [0.717, 1.165) is 36.4 Å². The number of carbonyl (C=O) groups excluding carboxylic acids is 1. The van der Waals surface area contributed by atoms with Crippen molar-refractivity contribution in [1.82, 2.24) is 14.9 Å². The van der Waals surface area contributed by atoms with Crippen LogP contribution in [0.5, 0.6) is 0 Å². The number of alkyl halides is 3. The van der Waals surface area contributed by atoms with Gasteiger partial charge in [0, 0.05) is 11.6 Å². The third-order valence-corrected chi connectivity index (χ3v) is 5.61. The van der Waals surface area contributed by atoms with Gasteiger partial charge in [0.2, 0.25) is 0 Å². The third-order valence-electron chi connectivity index (χ3n) is 5.61. The number of carbonyl (C=O) groups is 1. The summed E-state index contributed by atoms with van der Waals surface area (Å²) in [7, 11) is 0. The first-order valence-electron chi connectivity index (χ1n) is 9.90. The zero-order chi connectivity index (χ0) is 21.6. The molecule has 1 aromatic heterocycles. The fourth-order valence-electron chi connectivity index (χ4n) is 3.66. The second-order valence-corrected chi connectivity index (χ2v) is 7.84. The van der Waals surface area contributed by atoms with Crippen LogP contribution in [0.25, 0.3) is 11.0 Å². The van der Waals surface area contributed by atoms with Crippen molar-refractivity contribution in [2.45, 2.75) is 51.9 Å². The van der Waals surface area contributed by atoms with Crippen molar-refractivity contribution < 1.29 is 18.0 Å². The molecule has 4 nitrogen and oxygen atoms in total. The second-order valence-electron chi connectivity index (χ2n) is 7.84. The summed E-state index contributed by atoms with van der Waals surface area (Å²) in [6.45, 7) is 5.52. The van der Waals surface area contributed by atoms with Gasteiger partial charge in [-0.2, -0.15) is 13.2 Å². The average Bonchev–Trinajstić information content (AvgIpc) is 3.53. The Morgan fingerprint density at radius 2 is 1.70 bits per heavy atom. The van der Waals surface area contributed by atoms with Crippen LogP contribution in [0.4, 0.5) is 13.2 Å². The smallest absolute Gasteiger partial charge is 0.329 e. The van der Waals surface area contributed by atoms with Crippen molar-refractivity contribution in [2.75, 3.05) is 0 Å². The normalized spacial score (nSPS) is 15.3. The van der Waals surface area contributed by atoms with Crippen molar-refractivity contribution in [2.24, 2.45) is 0 Å². The van der Waals surface area contributed by atoms with Gasteiger partial charge in [-0.25, -0.2) is 9.97 Å². The number of hydrogen-bond acceptors (Lipinski definition) is 3. The van der Waals surface area contributed by atoms with Gasteiger partial charge in [0.25, 0.3) is 5.91 Å². The first-order valence-corrected chi connectivity index (χ1v) is 9.90. The molecule has 3 aromatic rings. The third kappa shape index (κ3) is 3.88. The lowest BCUT2D eigenvalue weighted by atomic mass is 10.0. The van der Waals surface area contributed by atoms with E-state index in [1.807, 2.05) is 13.8 Å². The number of aromatic nitrogens is 2. The van der Waals surface area contributed by atoms with Crippen molar-refractivity contribution in [3.63, 3.8) is 0 Å². The number of amides is 1. The summed E-state index contributed by atoms with van der Waals surface area (Å²) in [5, 5.41) is 0. The van der Waals surface area contributed by atoms with Gasteiger partial charge in [-0.1, -0.05) is 12.1 Å². The van der Waals surface area contributed by atoms with Crippen LogP contribution in [0, 0.1) is 13.8 Å². The minimum Gasteiger partial charge on any atom is -0.329 e. The van der Waals surface area contributed by atoms with Gasteiger partial charge in [0.15, 0.2) is 0 Å². The number of nitrogens with zero attached hydrogens (tertiary/aromatic N) is 3. The minimum absolute atomic E-state index is 0.0311. The van der Waals surface area contributed by atoms with E-state index in [1.165, 1.54) is 6.07 Å². The van der Waals surface area contributed by atoms with Gasteiger partial charge in [-0.3, -0.25) is 4.79 Å². The lowest BCUT2D eigenvalue weighted by molar-refractivity contribution is -0.137. The van der Waals surface area contributed by atoms with Crippen LogP contribution in [-0.4, -0.2) is 26.8 Å². The Kier molecular flexibility index (Phi) is 5.00. The van der Waals surface area contributed by atoms with Gasteiger partial charge >= 0.3 is 6.18 Å². The Hall–Kier alpha value is -2.96. The van der Waals surface area contributed by atoms with E-state index in [1.54, 1.807) is 36.1 Å². The SMILES string of the molecule is Cc1nc2ccc(C(=O)N(C3CC3)[C@H](C)c3cccc(C(F)(F)F)c3)cc2nc1C. The molecule has 1 aliphatic carbocycles. The molecule has 0 spiro atoms. The monoisotopic (exact) mass is 413 g/mol. The zero-order valence-electron chi connectivity index (χ0n) is 17.0. The van der Waals surface area contributed by atoms with E-state index in [0.29, 0.717) is 22.2 Å². The predicted molar refractivity (Wildman–Crippen MR) is 108 cm³/mol. The molecule has 7 heteroatoms. The van der Waals surface area contributed by atoms with E-state index in [-0.39, 0.29) is 11.9 Å². The first kappa shape index (κ1) is 20.3. The summed E-state index contributed by atoms with van der Waals surface area (Å²) in [5.74, 6) is -0.204. The van der Waals surface area contributed by atoms with E-state index in [2.05, 4.69) is 9.97 Å². The highest BCUT2D eigenvalue weighted by atomic mass is 19.4. The van der Waals surface area contributed by atoms with Crippen LogP contribution in [0.1, 0.15) is 58.7 Å². The first-order chi connectivity index (χ1) is 14.1. The summed E-state index contributed by atoms with van der Waals surface area (Å²) in [4.78, 5) is 24.1. The van der Waals surface area contributed by atoms with Crippen molar-refractivity contribution in [3.05, 3.63) is 70.5 Å². The summed E-state index contributed by atoms with van der Waals surface area (Å²) in [6.07, 6.45) is -2.72. The molecular weight excluding hydrogens is 391 g/mol. The number of aryl methyl sites for hydroxylation is 2. The average molecular weight is 413 g/mol. The highest BCUT2D eigenvalue weighted by Crippen LogP contribution is 2.37. The van der Waals surface area contributed by atoms with Crippen molar-refractivity contribution in [3.8, 4) is 0 Å². The summed E-state index contributed by atoms with van der Waals surface area (Å²) in [6, 6.07) is 9.95. The molecule has 0 radical (unpaired) electrons. The topological polar surface area (TPSA) is 46.1 Å². The van der Waals surface area contributed by atoms with Crippen molar-refractivity contribution in [1.29, 1.82) is 0 Å². The maximum absolute atomic E-state index is 13.4. The molecule has 0 bridgehead atoms. The van der Waals surface area contributed by atoms with Crippen LogP contribution >= 0.6 is 0 Å². The Morgan fingerprint density at radius 3 is 2.33 bits per heavy atom. The molecule has 2 aromatic carbocycles. The molecule has 1 aliphatic rings. The molecule has 30 heavy (non-hydrogen) atoms. The Balaban J connectivity index is 1.69. The molecule has 0 N–H and O–H groups in total. The molecule has 0 unspecified atom stereocenters. The van der Waals surface area contributed by atoms with Crippen molar-refractivity contribution >= 4 is 16.9 Å². The van der Waals surface area contributed by atoms with Gasteiger partial charge in [-0.15, -0.1) is 0 Å². The van der Waals surface area contributed by atoms with Gasteiger partial charge in [0.1, 0.15) is 0 Å². The maximum Gasteiger partial charge on any atom is 0.416 e. The second kappa shape index (κ2) is 7.38. The quantitative estimate of drug-likeness (QED) is 0.557. The summed E-state index contributed by atoms with van der Waals surface area (Å²) in [5.41, 5.74) is 3.19. The van der Waals surface area contributed by atoms with Crippen LogP contribution in [-0.2, 0) is 6.18 Å². The van der Waals surface area contributed by atoms with Gasteiger partial charge < -0.3 is 4.90 Å². The van der Waals surface area contributed by atoms with E-state index in [9.17, 15) is 18.0 Å². The van der Waals surface area contributed by atoms with E-state index < -0.39 is 17.8 Å². The van der Waals surface area contributed by atoms with Crippen LogP contribution in [0.15, 0.2) is 42.5 Å². The maximum atomic E-state index is 13.4. The van der Waals surface area contributed by atoms with E-state index >= 15 is 0 Å². The molecule has 0 aliphatic heterocycles. The molecule has 1 amide bonds. The highest BCUT2D eigenvalue weighted by Gasteiger charge is 2.38. The molecular formula is C23H22F3N3O. The van der Waals surface area contributed by atoms with Crippen LogP contribution in [0.3, 0.4) is 0 Å².